The number of likely N-dealkylation sites (tertiary alicyclic amines) is 1. The van der Waals surface area contributed by atoms with Gasteiger partial charge in [-0.3, -0.25) is 9.59 Å². The average molecular weight is 544 g/mol. The van der Waals surface area contributed by atoms with Gasteiger partial charge in [0, 0.05) is 30.6 Å². The second kappa shape index (κ2) is 11.3. The van der Waals surface area contributed by atoms with Crippen LogP contribution in [0.25, 0.3) is 11.4 Å². The summed E-state index contributed by atoms with van der Waals surface area (Å²) in [6.07, 6.45) is 5.04. The molecule has 1 aliphatic heterocycles. The molecule has 5 rings (SSSR count). The number of benzene rings is 1. The van der Waals surface area contributed by atoms with Gasteiger partial charge in [0.1, 0.15) is 23.6 Å². The van der Waals surface area contributed by atoms with E-state index < -0.39 is 6.04 Å². The molecule has 2 aliphatic rings. The second-order valence-corrected chi connectivity index (χ2v) is 10.6. The summed E-state index contributed by atoms with van der Waals surface area (Å²) in [4.78, 5) is 35.3. The number of ketones is 1. The third kappa shape index (κ3) is 5.98. The number of carbonyl (C=O) groups is 2. The second-order valence-electron chi connectivity index (χ2n) is 10.3. The van der Waals surface area contributed by atoms with Crippen LogP contribution in [0.1, 0.15) is 54.3 Å². The van der Waals surface area contributed by atoms with Crippen molar-refractivity contribution in [2.75, 3.05) is 33.4 Å². The molecule has 0 radical (unpaired) electrons. The van der Waals surface area contributed by atoms with E-state index in [2.05, 4.69) is 32.4 Å². The number of nitrogens with one attached hydrogen (secondary N) is 2. The van der Waals surface area contributed by atoms with Gasteiger partial charge in [0.15, 0.2) is 10.9 Å². The predicted octanol–water partition coefficient (Wildman–Crippen LogP) is 4.43. The van der Waals surface area contributed by atoms with Gasteiger partial charge in [0.25, 0.3) is 0 Å². The number of aromatic amines is 1. The Balaban J connectivity index is 1.24. The fourth-order valence-electron chi connectivity index (χ4n) is 5.17. The number of halogens is 2. The Bertz CT molecular complexity index is 1260. The number of nitrogens with zero attached hydrogens (tertiary/aromatic N) is 3. The molecule has 11 heteroatoms. The largest absolute Gasteiger partial charge is 0.379 e. The number of aromatic nitrogens is 3. The van der Waals surface area contributed by atoms with Crippen molar-refractivity contribution in [1.82, 2.24) is 25.3 Å². The molecular weight excluding hydrogens is 513 g/mol. The number of piperidine rings is 1. The van der Waals surface area contributed by atoms with Crippen LogP contribution in [-0.2, 0) is 9.53 Å². The van der Waals surface area contributed by atoms with Crippen LogP contribution in [0, 0.1) is 17.2 Å². The molecule has 3 heterocycles. The molecule has 1 spiro atoms. The van der Waals surface area contributed by atoms with Crippen LogP contribution in [0.4, 0.5) is 4.39 Å². The first kappa shape index (κ1) is 26.5. The van der Waals surface area contributed by atoms with Gasteiger partial charge in [-0.25, -0.2) is 9.37 Å². The van der Waals surface area contributed by atoms with Gasteiger partial charge in [-0.05, 0) is 75.5 Å². The minimum atomic E-state index is -0.563. The molecule has 3 aromatic rings. The summed E-state index contributed by atoms with van der Waals surface area (Å²) in [5.74, 6) is -0.0412. The summed E-state index contributed by atoms with van der Waals surface area (Å²) in [6.45, 7) is 2.46. The quantitative estimate of drug-likeness (QED) is 0.272. The van der Waals surface area contributed by atoms with Crippen molar-refractivity contribution in [3.63, 3.8) is 0 Å². The normalized spacial score (nSPS) is 19.4. The Morgan fingerprint density at radius 3 is 2.76 bits per heavy atom. The van der Waals surface area contributed by atoms with E-state index in [1.807, 2.05) is 0 Å². The fourth-order valence-corrected chi connectivity index (χ4v) is 5.43. The molecule has 2 N–H and O–H groups in total. The molecule has 1 aromatic carbocycles. The van der Waals surface area contributed by atoms with E-state index in [4.69, 9.17) is 20.9 Å². The number of carbonyl (C=O) groups excluding carboxylic acids is 2. The maximum absolute atomic E-state index is 13.4. The van der Waals surface area contributed by atoms with Crippen LogP contribution < -0.4 is 5.32 Å². The number of hydrogen-bond acceptors (Lipinski definition) is 7. The Morgan fingerprint density at radius 1 is 1.29 bits per heavy atom. The van der Waals surface area contributed by atoms with Crippen LogP contribution in [0.15, 0.2) is 41.1 Å². The molecule has 1 amide bonds. The number of rotatable bonds is 11. The number of amides is 1. The summed E-state index contributed by atoms with van der Waals surface area (Å²) in [6, 6.07) is 6.89. The molecule has 1 unspecified atom stereocenters. The lowest BCUT2D eigenvalue weighted by atomic mass is 9.91. The Morgan fingerprint density at radius 2 is 2.05 bits per heavy atom. The zero-order valence-electron chi connectivity index (χ0n) is 21.2. The van der Waals surface area contributed by atoms with Gasteiger partial charge in [-0.2, -0.15) is 0 Å². The van der Waals surface area contributed by atoms with Crippen LogP contribution in [0.5, 0.6) is 0 Å². The fraction of sp³-hybridized carbons (Fsp3) is 0.481. The van der Waals surface area contributed by atoms with E-state index in [0.717, 1.165) is 32.4 Å². The van der Waals surface area contributed by atoms with E-state index in [1.54, 1.807) is 12.1 Å². The summed E-state index contributed by atoms with van der Waals surface area (Å²) in [5.41, 5.74) is 1.57. The average Bonchev–Trinajstić information content (AvgIpc) is 3.22. The maximum atomic E-state index is 13.4. The van der Waals surface area contributed by atoms with E-state index in [1.165, 1.54) is 24.5 Å². The molecule has 9 nitrogen and oxygen atoms in total. The topological polar surface area (TPSA) is 113 Å². The third-order valence-corrected chi connectivity index (χ3v) is 7.95. The predicted molar refractivity (Wildman–Crippen MR) is 138 cm³/mol. The SMILES string of the molecule is CN1CCC2(CC1)CC2C(=O)N[C@@H](COCCCC(=O)c1ccon1)c1[nH]c(-c2ccc(F)cc2)nc1Cl. The highest BCUT2D eigenvalue weighted by molar-refractivity contribution is 6.30. The van der Waals surface area contributed by atoms with Gasteiger partial charge < -0.3 is 24.5 Å². The standard InChI is InChI=1S/C27H31ClFN5O4/c1-34-11-9-27(10-12-34)15-19(27)26(36)30-21(16-37-13-2-3-22(35)20-8-14-38-33-20)23-24(28)32-25(31-23)17-4-6-18(29)7-5-17/h4-8,14,19,21H,2-3,9-13,15-16H2,1H3,(H,30,36)(H,31,32)/t19?,21-/m0/s1. The van der Waals surface area contributed by atoms with Crippen molar-refractivity contribution < 1.29 is 23.2 Å². The zero-order chi connectivity index (χ0) is 26.7. The first-order valence-electron chi connectivity index (χ1n) is 12.9. The highest BCUT2D eigenvalue weighted by Crippen LogP contribution is 2.59. The van der Waals surface area contributed by atoms with Gasteiger partial charge in [0.2, 0.25) is 5.91 Å². The number of imidazole rings is 1. The lowest BCUT2D eigenvalue weighted by molar-refractivity contribution is -0.124. The summed E-state index contributed by atoms with van der Waals surface area (Å²) in [7, 11) is 2.11. The third-order valence-electron chi connectivity index (χ3n) is 7.66. The number of H-pyrrole nitrogens is 1. The molecule has 38 heavy (non-hydrogen) atoms. The zero-order valence-corrected chi connectivity index (χ0v) is 22.0. The minimum Gasteiger partial charge on any atom is -0.379 e. The van der Waals surface area contributed by atoms with Crippen LogP contribution in [-0.4, -0.2) is 65.1 Å². The Labute approximate surface area is 225 Å². The van der Waals surface area contributed by atoms with Gasteiger partial charge in [-0.1, -0.05) is 16.8 Å². The lowest BCUT2D eigenvalue weighted by Crippen LogP contribution is -2.37. The molecule has 2 aromatic heterocycles. The molecule has 2 atom stereocenters. The van der Waals surface area contributed by atoms with E-state index in [9.17, 15) is 14.0 Å². The summed E-state index contributed by atoms with van der Waals surface area (Å²) in [5, 5.41) is 7.00. The molecule has 1 saturated carbocycles. The molecule has 202 valence electrons. The lowest BCUT2D eigenvalue weighted by Gasteiger charge is -2.30. The highest BCUT2D eigenvalue weighted by Gasteiger charge is 2.58. The number of hydrogen-bond donors (Lipinski definition) is 2. The van der Waals surface area contributed by atoms with Gasteiger partial charge in [0.05, 0.1) is 18.3 Å². The van der Waals surface area contributed by atoms with Gasteiger partial charge in [-0.15, -0.1) is 0 Å². The molecule has 2 fully saturated rings. The monoisotopic (exact) mass is 543 g/mol. The Hall–Kier alpha value is -3.08. The number of Topliss-reactive ketones (excluding diaryl/α,β-unsaturated/α-hetero) is 1. The highest BCUT2D eigenvalue weighted by atomic mass is 35.5. The summed E-state index contributed by atoms with van der Waals surface area (Å²) < 4.78 is 24.0. The van der Waals surface area contributed by atoms with Crippen molar-refractivity contribution in [2.24, 2.45) is 11.3 Å². The maximum Gasteiger partial charge on any atom is 0.224 e. The van der Waals surface area contributed by atoms with Crippen LogP contribution in [0.2, 0.25) is 5.15 Å². The van der Waals surface area contributed by atoms with Crippen molar-refractivity contribution in [3.8, 4) is 11.4 Å². The Kier molecular flexibility index (Phi) is 7.92. The van der Waals surface area contributed by atoms with E-state index in [0.29, 0.717) is 35.8 Å². The summed E-state index contributed by atoms with van der Waals surface area (Å²) >= 11 is 6.51. The van der Waals surface area contributed by atoms with Crippen molar-refractivity contribution in [1.29, 1.82) is 0 Å². The molecule has 1 saturated heterocycles. The van der Waals surface area contributed by atoms with Crippen molar-refractivity contribution in [2.45, 2.75) is 38.1 Å². The molecule has 1 aliphatic carbocycles. The number of ether oxygens (including phenoxy) is 1. The molecular formula is C27H31ClFN5O4. The van der Waals surface area contributed by atoms with E-state index in [-0.39, 0.29) is 47.0 Å². The first-order chi connectivity index (χ1) is 18.3. The van der Waals surface area contributed by atoms with Gasteiger partial charge >= 0.3 is 0 Å². The minimum absolute atomic E-state index is 0.0154. The van der Waals surface area contributed by atoms with Crippen molar-refractivity contribution in [3.05, 3.63) is 59.0 Å². The van der Waals surface area contributed by atoms with Crippen LogP contribution >= 0.6 is 11.6 Å². The van der Waals surface area contributed by atoms with Crippen molar-refractivity contribution >= 4 is 23.3 Å². The smallest absolute Gasteiger partial charge is 0.224 e. The van der Waals surface area contributed by atoms with Crippen LogP contribution in [0.3, 0.4) is 0 Å². The first-order valence-corrected chi connectivity index (χ1v) is 13.2. The molecule has 0 bridgehead atoms. The van der Waals surface area contributed by atoms with E-state index >= 15 is 0 Å².